The molecule has 4 aromatic rings. The van der Waals surface area contributed by atoms with Crippen LogP contribution in [-0.4, -0.2) is 4.98 Å². The molecule has 2 aromatic heterocycles. The van der Waals surface area contributed by atoms with E-state index in [1.165, 1.54) is 4.70 Å². The van der Waals surface area contributed by atoms with E-state index in [-0.39, 0.29) is 0 Å². The Morgan fingerprint density at radius 1 is 0.917 bits per heavy atom. The second kappa shape index (κ2) is 6.44. The van der Waals surface area contributed by atoms with E-state index >= 15 is 0 Å². The summed E-state index contributed by atoms with van der Waals surface area (Å²) in [4.78, 5) is 4.57. The van der Waals surface area contributed by atoms with Crippen molar-refractivity contribution in [1.82, 2.24) is 4.98 Å². The molecule has 0 aliphatic rings. The number of hydrogen-bond acceptors (Lipinski definition) is 3. The van der Waals surface area contributed by atoms with Crippen molar-refractivity contribution in [2.24, 2.45) is 0 Å². The first-order chi connectivity index (χ1) is 11.7. The summed E-state index contributed by atoms with van der Waals surface area (Å²) >= 11 is 13.9. The molecule has 4 rings (SSSR count). The van der Waals surface area contributed by atoms with Crippen LogP contribution in [-0.2, 0) is 0 Å². The van der Waals surface area contributed by atoms with Gasteiger partial charge in [-0.05, 0) is 48.6 Å². The predicted molar refractivity (Wildman–Crippen MR) is 103 cm³/mol. The highest BCUT2D eigenvalue weighted by molar-refractivity contribution is 7.19. The van der Waals surface area contributed by atoms with Crippen LogP contribution in [0.15, 0.2) is 59.0 Å². The minimum absolute atomic E-state index is 0.496. The van der Waals surface area contributed by atoms with Crippen molar-refractivity contribution >= 4 is 56.9 Å². The van der Waals surface area contributed by atoms with Crippen LogP contribution in [0.5, 0.6) is 0 Å². The van der Waals surface area contributed by atoms with E-state index < -0.39 is 0 Å². The van der Waals surface area contributed by atoms with Gasteiger partial charge in [-0.25, -0.2) is 4.98 Å². The predicted octanol–water partition coefficient (Wildman–Crippen LogP) is 7.03. The van der Waals surface area contributed by atoms with Crippen LogP contribution in [0.2, 0.25) is 10.0 Å². The van der Waals surface area contributed by atoms with E-state index in [1.807, 2.05) is 54.6 Å². The van der Waals surface area contributed by atoms with Crippen LogP contribution in [0, 0.1) is 0 Å². The van der Waals surface area contributed by atoms with Gasteiger partial charge in [-0.15, -0.1) is 11.3 Å². The average molecular weight is 372 g/mol. The summed E-state index contributed by atoms with van der Waals surface area (Å²) in [6.07, 6.45) is 3.85. The van der Waals surface area contributed by atoms with Crippen LogP contribution in [0.4, 0.5) is 0 Å². The lowest BCUT2D eigenvalue weighted by molar-refractivity contribution is 0.572. The number of benzene rings is 2. The molecule has 0 aliphatic heterocycles. The van der Waals surface area contributed by atoms with Crippen molar-refractivity contribution in [3.63, 3.8) is 0 Å². The molecule has 5 heteroatoms. The van der Waals surface area contributed by atoms with E-state index in [2.05, 4.69) is 11.1 Å². The lowest BCUT2D eigenvalue weighted by Crippen LogP contribution is -1.77. The van der Waals surface area contributed by atoms with Crippen LogP contribution >= 0.6 is 34.5 Å². The number of halogens is 2. The van der Waals surface area contributed by atoms with Gasteiger partial charge >= 0.3 is 0 Å². The molecule has 0 spiro atoms. The van der Waals surface area contributed by atoms with Gasteiger partial charge in [0, 0.05) is 5.56 Å². The first-order valence-corrected chi connectivity index (χ1v) is 8.86. The number of rotatable bonds is 3. The zero-order valence-corrected chi connectivity index (χ0v) is 14.7. The Hall–Kier alpha value is -2.07. The fourth-order valence-corrected chi connectivity index (χ4v) is 3.66. The maximum atomic E-state index is 6.24. The lowest BCUT2D eigenvalue weighted by Gasteiger charge is -2.01. The van der Waals surface area contributed by atoms with Gasteiger partial charge in [0.25, 0.3) is 0 Å². The third-order valence-corrected chi connectivity index (χ3v) is 5.36. The maximum Gasteiger partial charge on any atom is 0.136 e. The lowest BCUT2D eigenvalue weighted by atomic mass is 10.2. The van der Waals surface area contributed by atoms with Crippen molar-refractivity contribution in [3.05, 3.63) is 75.4 Å². The highest BCUT2D eigenvalue weighted by atomic mass is 35.5. The summed E-state index contributed by atoms with van der Waals surface area (Å²) in [6, 6.07) is 17.4. The van der Waals surface area contributed by atoms with Crippen molar-refractivity contribution < 1.29 is 4.42 Å². The highest BCUT2D eigenvalue weighted by Crippen LogP contribution is 2.34. The summed E-state index contributed by atoms with van der Waals surface area (Å²) in [5, 5.41) is 1.95. The third-order valence-electron chi connectivity index (χ3n) is 3.54. The standard InChI is InChI=1S/C19H11Cl2NOS/c20-14-5-3-4-13(19(14)21)16-10-8-12(23-16)9-11-18-22-15-6-1-2-7-17(15)24-18/h1-11H. The zero-order chi connectivity index (χ0) is 16.5. The van der Waals surface area contributed by atoms with Gasteiger partial charge in [-0.1, -0.05) is 41.4 Å². The Bertz CT molecular complexity index is 1020. The molecule has 2 nitrogen and oxygen atoms in total. The van der Waals surface area contributed by atoms with Gasteiger partial charge in [-0.3, -0.25) is 0 Å². The zero-order valence-electron chi connectivity index (χ0n) is 12.4. The molecule has 0 aliphatic carbocycles. The third kappa shape index (κ3) is 2.98. The van der Waals surface area contributed by atoms with Crippen molar-refractivity contribution in [3.8, 4) is 11.3 Å². The molecule has 0 unspecified atom stereocenters. The minimum atomic E-state index is 0.496. The minimum Gasteiger partial charge on any atom is -0.457 e. The molecule has 0 atom stereocenters. The quantitative estimate of drug-likeness (QED) is 0.386. The SMILES string of the molecule is Clc1cccc(-c2ccc(C=Cc3nc4ccccc4s3)o2)c1Cl. The van der Waals surface area contributed by atoms with Crippen molar-refractivity contribution in [2.75, 3.05) is 0 Å². The monoisotopic (exact) mass is 371 g/mol. The Labute approximate surface area is 153 Å². The normalized spacial score (nSPS) is 11.6. The van der Waals surface area contributed by atoms with Gasteiger partial charge in [0.1, 0.15) is 16.5 Å². The number of para-hydroxylation sites is 1. The Kier molecular flexibility index (Phi) is 4.15. The molecule has 118 valence electrons. The molecule has 0 saturated carbocycles. The topological polar surface area (TPSA) is 26.0 Å². The molecule has 0 N–H and O–H groups in total. The van der Waals surface area contributed by atoms with E-state index in [1.54, 1.807) is 17.4 Å². The Morgan fingerprint density at radius 3 is 2.67 bits per heavy atom. The van der Waals surface area contributed by atoms with Gasteiger partial charge in [0.2, 0.25) is 0 Å². The maximum absolute atomic E-state index is 6.24. The van der Waals surface area contributed by atoms with Crippen LogP contribution in [0.25, 0.3) is 33.7 Å². The summed E-state index contributed by atoms with van der Waals surface area (Å²) in [5.41, 5.74) is 1.79. The number of aromatic nitrogens is 1. The van der Waals surface area contributed by atoms with Crippen LogP contribution in [0.3, 0.4) is 0 Å². The van der Waals surface area contributed by atoms with Crippen molar-refractivity contribution in [1.29, 1.82) is 0 Å². The van der Waals surface area contributed by atoms with Gasteiger partial charge in [0.05, 0.1) is 20.3 Å². The van der Waals surface area contributed by atoms with E-state index in [0.717, 1.165) is 21.8 Å². The molecule has 0 bridgehead atoms. The summed E-state index contributed by atoms with van der Waals surface area (Å²) in [6.45, 7) is 0. The fraction of sp³-hybridized carbons (Fsp3) is 0. The molecule has 0 saturated heterocycles. The Morgan fingerprint density at radius 2 is 1.79 bits per heavy atom. The molecule has 2 heterocycles. The fourth-order valence-electron chi connectivity index (χ4n) is 2.40. The van der Waals surface area contributed by atoms with Crippen LogP contribution in [0.1, 0.15) is 10.8 Å². The number of fused-ring (bicyclic) bond motifs is 1. The number of thiazole rings is 1. The second-order valence-electron chi connectivity index (χ2n) is 5.16. The Balaban J connectivity index is 1.62. The average Bonchev–Trinajstić information content (AvgIpc) is 3.21. The number of nitrogens with zero attached hydrogens (tertiary/aromatic N) is 1. The molecule has 24 heavy (non-hydrogen) atoms. The van der Waals surface area contributed by atoms with Crippen molar-refractivity contribution in [2.45, 2.75) is 0 Å². The van der Waals surface area contributed by atoms with Gasteiger partial charge in [-0.2, -0.15) is 0 Å². The number of hydrogen-bond donors (Lipinski definition) is 0. The smallest absolute Gasteiger partial charge is 0.136 e. The molecule has 2 aromatic carbocycles. The van der Waals surface area contributed by atoms with Crippen LogP contribution < -0.4 is 0 Å². The molecular formula is C19H11Cl2NOS. The summed E-state index contributed by atoms with van der Waals surface area (Å²) in [7, 11) is 0. The summed E-state index contributed by atoms with van der Waals surface area (Å²) in [5.74, 6) is 1.42. The molecule has 0 amide bonds. The largest absolute Gasteiger partial charge is 0.457 e. The van der Waals surface area contributed by atoms with E-state index in [4.69, 9.17) is 27.6 Å². The highest BCUT2D eigenvalue weighted by Gasteiger charge is 2.10. The number of furan rings is 1. The van der Waals surface area contributed by atoms with Gasteiger partial charge in [0.15, 0.2) is 0 Å². The summed E-state index contributed by atoms with van der Waals surface area (Å²) < 4.78 is 7.02. The molecular weight excluding hydrogens is 361 g/mol. The first-order valence-electron chi connectivity index (χ1n) is 7.28. The van der Waals surface area contributed by atoms with E-state index in [0.29, 0.717) is 15.8 Å². The second-order valence-corrected chi connectivity index (χ2v) is 7.00. The first kappa shape index (κ1) is 15.5. The van der Waals surface area contributed by atoms with Gasteiger partial charge < -0.3 is 4.42 Å². The molecule has 0 radical (unpaired) electrons. The van der Waals surface area contributed by atoms with E-state index in [9.17, 15) is 0 Å². The molecule has 0 fully saturated rings.